The van der Waals surface area contributed by atoms with Crippen LogP contribution in [0.2, 0.25) is 5.02 Å². The lowest BCUT2D eigenvalue weighted by molar-refractivity contribution is 0.0217. The van der Waals surface area contributed by atoms with Gasteiger partial charge in [0.1, 0.15) is 6.10 Å². The van der Waals surface area contributed by atoms with Gasteiger partial charge < -0.3 is 15.0 Å². The minimum atomic E-state index is -0.196. The highest BCUT2D eigenvalue weighted by molar-refractivity contribution is 6.33. The molecule has 0 spiro atoms. The molecular weight excluding hydrogens is 278 g/mol. The van der Waals surface area contributed by atoms with Gasteiger partial charge in [-0.05, 0) is 25.0 Å². The molecule has 1 aromatic heterocycles. The Hall–Kier alpha value is -1.59. The number of ether oxygens (including phenoxy) is 1. The van der Waals surface area contributed by atoms with Crippen molar-refractivity contribution in [2.45, 2.75) is 26.9 Å². The predicted octanol–water partition coefficient (Wildman–Crippen LogP) is 3.71. The molecule has 0 bridgehead atoms. The van der Waals surface area contributed by atoms with Crippen molar-refractivity contribution in [2.24, 2.45) is 5.92 Å². The number of anilines is 1. The first kappa shape index (κ1) is 14.8. The molecule has 2 rings (SSSR count). The third-order valence-electron chi connectivity index (χ3n) is 2.93. The number of rotatable bonds is 5. The van der Waals surface area contributed by atoms with Gasteiger partial charge in [0.15, 0.2) is 0 Å². The molecule has 0 radical (unpaired) electrons. The van der Waals surface area contributed by atoms with Crippen LogP contribution in [0.25, 0.3) is 11.5 Å². The van der Waals surface area contributed by atoms with Crippen LogP contribution in [0.5, 0.6) is 0 Å². The van der Waals surface area contributed by atoms with E-state index in [1.165, 1.54) is 0 Å². The summed E-state index contributed by atoms with van der Waals surface area (Å²) < 4.78 is 10.9. The molecule has 0 saturated heterocycles. The number of para-hydroxylation sites is 1. The molecule has 0 aliphatic rings. The summed E-state index contributed by atoms with van der Waals surface area (Å²) in [5.41, 5.74) is 6.99. The largest absolute Gasteiger partial charge is 0.397 e. The van der Waals surface area contributed by atoms with Crippen LogP contribution in [0.1, 0.15) is 32.7 Å². The van der Waals surface area contributed by atoms with E-state index in [0.717, 1.165) is 0 Å². The first-order valence-corrected chi connectivity index (χ1v) is 6.92. The van der Waals surface area contributed by atoms with Crippen LogP contribution in [0.4, 0.5) is 5.69 Å². The second kappa shape index (κ2) is 6.24. The Bertz CT molecular complexity index is 584. The number of hydrogen-bond acceptors (Lipinski definition) is 5. The zero-order valence-corrected chi connectivity index (χ0v) is 12.5. The van der Waals surface area contributed by atoms with Crippen LogP contribution in [0.3, 0.4) is 0 Å². The summed E-state index contributed by atoms with van der Waals surface area (Å²) in [6.07, 6.45) is -0.196. The lowest BCUT2D eigenvalue weighted by Crippen LogP contribution is -2.12. The SMILES string of the molecule is CCOC(c1noc(-c2cccc(Cl)c2N)n1)C(C)C. The molecule has 0 aliphatic heterocycles. The van der Waals surface area contributed by atoms with Crippen LogP contribution in [0.15, 0.2) is 22.7 Å². The summed E-state index contributed by atoms with van der Waals surface area (Å²) >= 11 is 5.99. The van der Waals surface area contributed by atoms with Crippen LogP contribution >= 0.6 is 11.6 Å². The number of nitrogens with zero attached hydrogens (tertiary/aromatic N) is 2. The van der Waals surface area contributed by atoms with E-state index in [4.69, 9.17) is 26.6 Å². The third kappa shape index (κ3) is 2.94. The highest BCUT2D eigenvalue weighted by Crippen LogP contribution is 2.32. The maximum atomic E-state index is 5.99. The van der Waals surface area contributed by atoms with Gasteiger partial charge in [0.2, 0.25) is 5.82 Å². The van der Waals surface area contributed by atoms with Gasteiger partial charge in [0.25, 0.3) is 5.89 Å². The summed E-state index contributed by atoms with van der Waals surface area (Å²) in [4.78, 5) is 4.38. The molecule has 0 aliphatic carbocycles. The minimum absolute atomic E-state index is 0.196. The Morgan fingerprint density at radius 2 is 2.15 bits per heavy atom. The van der Waals surface area contributed by atoms with Gasteiger partial charge in [0, 0.05) is 6.61 Å². The maximum Gasteiger partial charge on any atom is 0.260 e. The van der Waals surface area contributed by atoms with E-state index in [9.17, 15) is 0 Å². The second-order valence-electron chi connectivity index (χ2n) is 4.78. The second-order valence-corrected chi connectivity index (χ2v) is 5.19. The smallest absolute Gasteiger partial charge is 0.260 e. The Balaban J connectivity index is 2.35. The molecule has 20 heavy (non-hydrogen) atoms. The van der Waals surface area contributed by atoms with E-state index in [1.807, 2.05) is 20.8 Å². The highest BCUT2D eigenvalue weighted by atomic mass is 35.5. The molecule has 0 saturated carbocycles. The number of hydrogen-bond donors (Lipinski definition) is 1. The fourth-order valence-corrected chi connectivity index (χ4v) is 2.10. The molecule has 108 valence electrons. The molecular formula is C14H18ClN3O2. The molecule has 0 fully saturated rings. The van der Waals surface area contributed by atoms with Gasteiger partial charge in [-0.2, -0.15) is 4.98 Å². The first-order chi connectivity index (χ1) is 9.54. The standard InChI is InChI=1S/C14H18ClN3O2/c1-4-19-12(8(2)3)13-17-14(20-18-13)9-6-5-7-10(15)11(9)16/h5-8,12H,4,16H2,1-3H3. The average molecular weight is 296 g/mol. The van der Waals surface area contributed by atoms with Gasteiger partial charge in [-0.25, -0.2) is 0 Å². The molecule has 1 atom stereocenters. The number of benzene rings is 1. The molecule has 1 unspecified atom stereocenters. The van der Waals surface area contributed by atoms with Crippen molar-refractivity contribution < 1.29 is 9.26 Å². The van der Waals surface area contributed by atoms with Crippen molar-refractivity contribution in [3.63, 3.8) is 0 Å². The van der Waals surface area contributed by atoms with Gasteiger partial charge in [-0.3, -0.25) is 0 Å². The van der Waals surface area contributed by atoms with Crippen LogP contribution in [-0.2, 0) is 4.74 Å². The summed E-state index contributed by atoms with van der Waals surface area (Å²) in [5.74, 6) is 1.12. The summed E-state index contributed by atoms with van der Waals surface area (Å²) in [6, 6.07) is 5.30. The van der Waals surface area contributed by atoms with E-state index in [2.05, 4.69) is 10.1 Å². The topological polar surface area (TPSA) is 74.2 Å². The number of nitrogen functional groups attached to an aromatic ring is 1. The summed E-state index contributed by atoms with van der Waals surface area (Å²) in [5, 5.41) is 4.46. The monoisotopic (exact) mass is 295 g/mol. The third-order valence-corrected chi connectivity index (χ3v) is 3.26. The summed E-state index contributed by atoms with van der Waals surface area (Å²) in [6.45, 7) is 6.62. The van der Waals surface area contributed by atoms with Crippen LogP contribution in [0, 0.1) is 5.92 Å². The van der Waals surface area contributed by atoms with Gasteiger partial charge >= 0.3 is 0 Å². The van der Waals surface area contributed by atoms with E-state index in [1.54, 1.807) is 18.2 Å². The summed E-state index contributed by atoms with van der Waals surface area (Å²) in [7, 11) is 0. The average Bonchev–Trinajstić information content (AvgIpc) is 2.88. The van der Waals surface area contributed by atoms with Crippen LogP contribution in [-0.4, -0.2) is 16.7 Å². The Kier molecular flexibility index (Phi) is 4.62. The van der Waals surface area contributed by atoms with E-state index < -0.39 is 0 Å². The highest BCUT2D eigenvalue weighted by Gasteiger charge is 2.23. The van der Waals surface area contributed by atoms with E-state index >= 15 is 0 Å². The fourth-order valence-electron chi connectivity index (χ4n) is 1.93. The van der Waals surface area contributed by atoms with Crippen molar-refractivity contribution in [3.05, 3.63) is 29.0 Å². The zero-order valence-electron chi connectivity index (χ0n) is 11.8. The lowest BCUT2D eigenvalue weighted by atomic mass is 10.1. The van der Waals surface area contributed by atoms with Crippen molar-refractivity contribution in [1.29, 1.82) is 0 Å². The van der Waals surface area contributed by atoms with Gasteiger partial charge in [-0.1, -0.05) is 36.7 Å². The number of nitrogens with two attached hydrogens (primary N) is 1. The molecule has 6 heteroatoms. The van der Waals surface area contributed by atoms with Crippen molar-refractivity contribution in [2.75, 3.05) is 12.3 Å². The first-order valence-electron chi connectivity index (χ1n) is 6.54. The molecule has 1 heterocycles. The quantitative estimate of drug-likeness (QED) is 0.851. The van der Waals surface area contributed by atoms with E-state index in [0.29, 0.717) is 34.6 Å². The minimum Gasteiger partial charge on any atom is -0.397 e. The normalized spacial score (nSPS) is 12.8. The molecule has 0 amide bonds. The molecule has 1 aromatic carbocycles. The Morgan fingerprint density at radius 3 is 2.80 bits per heavy atom. The van der Waals surface area contributed by atoms with Crippen molar-refractivity contribution >= 4 is 17.3 Å². The van der Waals surface area contributed by atoms with Crippen molar-refractivity contribution in [3.8, 4) is 11.5 Å². The zero-order chi connectivity index (χ0) is 14.7. The van der Waals surface area contributed by atoms with Crippen molar-refractivity contribution in [1.82, 2.24) is 10.1 Å². The Morgan fingerprint density at radius 1 is 1.40 bits per heavy atom. The van der Waals surface area contributed by atoms with Crippen LogP contribution < -0.4 is 5.73 Å². The predicted molar refractivity (Wildman–Crippen MR) is 78.4 cm³/mol. The number of halogens is 1. The molecule has 2 N–H and O–H groups in total. The lowest BCUT2D eigenvalue weighted by Gasteiger charge is -2.16. The Labute approximate surface area is 123 Å². The van der Waals surface area contributed by atoms with Gasteiger partial charge in [0.05, 0.1) is 16.3 Å². The molecule has 2 aromatic rings. The van der Waals surface area contributed by atoms with Gasteiger partial charge in [-0.15, -0.1) is 0 Å². The number of aromatic nitrogens is 2. The fraction of sp³-hybridized carbons (Fsp3) is 0.429. The molecule has 5 nitrogen and oxygen atoms in total. The maximum absolute atomic E-state index is 5.99. The van der Waals surface area contributed by atoms with E-state index in [-0.39, 0.29) is 12.0 Å².